The maximum Gasteiger partial charge on any atom is 0.387 e. The van der Waals surface area contributed by atoms with Crippen molar-refractivity contribution in [3.05, 3.63) is 64.8 Å². The van der Waals surface area contributed by atoms with Crippen molar-refractivity contribution < 1.29 is 27.5 Å². The zero-order valence-corrected chi connectivity index (χ0v) is 16.4. The molecule has 6 nitrogen and oxygen atoms in total. The average molecular weight is 435 g/mol. The lowest BCUT2D eigenvalue weighted by molar-refractivity contribution is -0.115. The van der Waals surface area contributed by atoms with Gasteiger partial charge in [-0.25, -0.2) is 9.37 Å². The number of amides is 2. The number of ether oxygens (including phenoxy) is 1. The highest BCUT2D eigenvalue weighted by Crippen LogP contribution is 2.31. The molecule has 1 aromatic heterocycles. The smallest absolute Gasteiger partial charge is 0.387 e. The minimum Gasteiger partial charge on any atom is -0.435 e. The summed E-state index contributed by atoms with van der Waals surface area (Å²) >= 11 is 1.24. The van der Waals surface area contributed by atoms with E-state index in [9.17, 15) is 22.8 Å². The molecule has 0 spiro atoms. The van der Waals surface area contributed by atoms with Gasteiger partial charge in [-0.2, -0.15) is 8.78 Å². The average Bonchev–Trinajstić information content (AvgIpc) is 3.06. The second kappa shape index (κ2) is 9.40. The third-order valence-electron chi connectivity index (χ3n) is 3.91. The van der Waals surface area contributed by atoms with Gasteiger partial charge in [-0.3, -0.25) is 9.59 Å². The molecule has 1 heterocycles. The molecule has 2 amide bonds. The molecule has 3 rings (SSSR count). The van der Waals surface area contributed by atoms with Crippen LogP contribution < -0.4 is 15.4 Å². The number of nitrogens with zero attached hydrogens (tertiary/aromatic N) is 1. The topological polar surface area (TPSA) is 80.3 Å². The third kappa shape index (κ3) is 5.57. The molecule has 0 saturated carbocycles. The summed E-state index contributed by atoms with van der Waals surface area (Å²) in [5.41, 5.74) is 1.50. The number of hydrogen-bond donors (Lipinski definition) is 2. The van der Waals surface area contributed by atoms with Gasteiger partial charge < -0.3 is 15.4 Å². The van der Waals surface area contributed by atoms with Crippen LogP contribution in [0.3, 0.4) is 0 Å². The summed E-state index contributed by atoms with van der Waals surface area (Å²) in [6, 6.07) is 10.9. The molecular weight excluding hydrogens is 419 g/mol. The molecule has 0 radical (unpaired) electrons. The van der Waals surface area contributed by atoms with E-state index in [-0.39, 0.29) is 17.9 Å². The molecular formula is C20H16F3N3O3S. The highest BCUT2D eigenvalue weighted by atomic mass is 32.1. The van der Waals surface area contributed by atoms with E-state index in [0.717, 1.165) is 17.0 Å². The zero-order valence-electron chi connectivity index (χ0n) is 15.6. The Labute approximate surface area is 173 Å². The van der Waals surface area contributed by atoms with E-state index < -0.39 is 24.2 Å². The van der Waals surface area contributed by atoms with Crippen molar-refractivity contribution in [2.45, 2.75) is 13.5 Å². The Bertz CT molecular complexity index is 1040. The van der Waals surface area contributed by atoms with Crippen LogP contribution in [0, 0.1) is 12.7 Å². The molecule has 2 N–H and O–H groups in total. The van der Waals surface area contributed by atoms with Crippen molar-refractivity contribution in [3.63, 3.8) is 0 Å². The number of anilines is 1. The Morgan fingerprint density at radius 2 is 1.77 bits per heavy atom. The van der Waals surface area contributed by atoms with Gasteiger partial charge in [0.1, 0.15) is 11.6 Å². The van der Waals surface area contributed by atoms with Crippen LogP contribution in [0.1, 0.15) is 15.2 Å². The lowest BCUT2D eigenvalue weighted by Gasteiger charge is -2.05. The van der Waals surface area contributed by atoms with E-state index in [2.05, 4.69) is 20.4 Å². The van der Waals surface area contributed by atoms with Gasteiger partial charge in [0.2, 0.25) is 5.91 Å². The van der Waals surface area contributed by atoms with Crippen LogP contribution in [-0.2, 0) is 4.79 Å². The molecule has 0 saturated heterocycles. The highest BCUT2D eigenvalue weighted by Gasteiger charge is 2.14. The molecule has 10 heteroatoms. The van der Waals surface area contributed by atoms with Crippen LogP contribution in [0.15, 0.2) is 48.5 Å². The van der Waals surface area contributed by atoms with Gasteiger partial charge in [-0.15, -0.1) is 11.3 Å². The number of nitrogens with one attached hydrogen (secondary N) is 2. The number of hydrogen-bond acceptors (Lipinski definition) is 5. The maximum absolute atomic E-state index is 12.9. The molecule has 3 aromatic rings. The molecule has 0 aliphatic rings. The van der Waals surface area contributed by atoms with Crippen molar-refractivity contribution in [2.75, 3.05) is 11.9 Å². The number of aryl methyl sites for hydroxylation is 1. The number of benzene rings is 2. The van der Waals surface area contributed by atoms with Gasteiger partial charge >= 0.3 is 6.61 Å². The lowest BCUT2D eigenvalue weighted by atomic mass is 10.1. The van der Waals surface area contributed by atoms with Gasteiger partial charge in [-0.05, 0) is 55.5 Å². The first kappa shape index (κ1) is 21.3. The summed E-state index contributed by atoms with van der Waals surface area (Å²) in [4.78, 5) is 29.2. The fraction of sp³-hybridized carbons (Fsp3) is 0.150. The number of aromatic nitrogens is 1. The monoisotopic (exact) mass is 435 g/mol. The summed E-state index contributed by atoms with van der Waals surface area (Å²) in [7, 11) is 0. The van der Waals surface area contributed by atoms with Crippen LogP contribution in [0.2, 0.25) is 0 Å². The minimum absolute atomic E-state index is 0.0343. The molecule has 0 unspecified atom stereocenters. The molecule has 0 bridgehead atoms. The summed E-state index contributed by atoms with van der Waals surface area (Å²) < 4.78 is 41.7. The molecule has 30 heavy (non-hydrogen) atoms. The molecule has 0 fully saturated rings. The standard InChI is InChI=1S/C20H16F3N3O3S/c1-11-17(12-4-8-15(9-5-12)29-19(22)23)26-20(30-11)25-16(27)10-24-18(28)13-2-6-14(21)7-3-13/h2-9,19H,10H2,1H3,(H,24,28)(H,25,26,27). The number of alkyl halides is 2. The number of rotatable bonds is 7. The van der Waals surface area contributed by atoms with Gasteiger partial charge in [0.05, 0.1) is 12.2 Å². The summed E-state index contributed by atoms with van der Waals surface area (Å²) in [6.07, 6.45) is 0. The first-order valence-electron chi connectivity index (χ1n) is 8.68. The number of halogens is 3. The van der Waals surface area contributed by atoms with E-state index >= 15 is 0 Å². The van der Waals surface area contributed by atoms with Crippen molar-refractivity contribution in [3.8, 4) is 17.0 Å². The second-order valence-corrected chi connectivity index (χ2v) is 7.27. The van der Waals surface area contributed by atoms with Crippen molar-refractivity contribution in [1.29, 1.82) is 0 Å². The fourth-order valence-electron chi connectivity index (χ4n) is 2.54. The Hall–Kier alpha value is -3.40. The number of carbonyl (C=O) groups excluding carboxylic acids is 2. The molecule has 2 aromatic carbocycles. The quantitative estimate of drug-likeness (QED) is 0.582. The first-order chi connectivity index (χ1) is 14.3. The van der Waals surface area contributed by atoms with E-state index in [4.69, 9.17) is 0 Å². The van der Waals surface area contributed by atoms with Crippen LogP contribution in [0.5, 0.6) is 5.75 Å². The van der Waals surface area contributed by atoms with Crippen LogP contribution in [-0.4, -0.2) is 30.0 Å². The van der Waals surface area contributed by atoms with Crippen molar-refractivity contribution >= 4 is 28.3 Å². The third-order valence-corrected chi connectivity index (χ3v) is 4.80. The zero-order chi connectivity index (χ0) is 21.7. The van der Waals surface area contributed by atoms with Crippen LogP contribution in [0.25, 0.3) is 11.3 Å². The Morgan fingerprint density at radius 3 is 2.40 bits per heavy atom. The summed E-state index contributed by atoms with van der Waals surface area (Å²) in [5.74, 6) is -1.42. The van der Waals surface area contributed by atoms with Gasteiger partial charge in [-0.1, -0.05) is 0 Å². The maximum atomic E-state index is 12.9. The summed E-state index contributed by atoms with van der Waals surface area (Å²) in [6.45, 7) is -1.38. The molecule has 0 atom stereocenters. The Morgan fingerprint density at radius 1 is 1.10 bits per heavy atom. The highest BCUT2D eigenvalue weighted by molar-refractivity contribution is 7.16. The SMILES string of the molecule is Cc1sc(NC(=O)CNC(=O)c2ccc(F)cc2)nc1-c1ccc(OC(F)F)cc1. The van der Waals surface area contributed by atoms with Crippen molar-refractivity contribution in [2.24, 2.45) is 0 Å². The van der Waals surface area contributed by atoms with Crippen LogP contribution >= 0.6 is 11.3 Å². The Balaban J connectivity index is 1.59. The number of thiazole rings is 1. The fourth-order valence-corrected chi connectivity index (χ4v) is 3.39. The predicted octanol–water partition coefficient (Wildman–Crippen LogP) is 4.23. The van der Waals surface area contributed by atoms with Crippen molar-refractivity contribution in [1.82, 2.24) is 10.3 Å². The van der Waals surface area contributed by atoms with E-state index in [1.165, 1.54) is 35.6 Å². The minimum atomic E-state index is -2.90. The largest absolute Gasteiger partial charge is 0.435 e. The Kier molecular flexibility index (Phi) is 6.68. The summed E-state index contributed by atoms with van der Waals surface area (Å²) in [5, 5.41) is 5.37. The van der Waals surface area contributed by atoms with Gasteiger partial charge in [0.15, 0.2) is 5.13 Å². The van der Waals surface area contributed by atoms with Crippen LogP contribution in [0.4, 0.5) is 18.3 Å². The first-order valence-corrected chi connectivity index (χ1v) is 9.50. The molecule has 0 aliphatic heterocycles. The lowest BCUT2D eigenvalue weighted by Crippen LogP contribution is -2.32. The molecule has 156 valence electrons. The van der Waals surface area contributed by atoms with E-state index in [1.807, 2.05) is 6.92 Å². The van der Waals surface area contributed by atoms with E-state index in [1.54, 1.807) is 12.1 Å². The van der Waals surface area contributed by atoms with Gasteiger partial charge in [0, 0.05) is 16.0 Å². The molecule has 0 aliphatic carbocycles. The van der Waals surface area contributed by atoms with Gasteiger partial charge in [0.25, 0.3) is 5.91 Å². The number of carbonyl (C=O) groups is 2. The normalized spacial score (nSPS) is 10.7. The predicted molar refractivity (Wildman–Crippen MR) is 106 cm³/mol. The second-order valence-electron chi connectivity index (χ2n) is 6.06. The van der Waals surface area contributed by atoms with E-state index in [0.29, 0.717) is 16.4 Å².